The maximum Gasteiger partial charge on any atom is 0.212 e. The molecular weight excluding hydrogens is 320 g/mol. The van der Waals surface area contributed by atoms with Crippen molar-refractivity contribution in [3.8, 4) is 0 Å². The van der Waals surface area contributed by atoms with Gasteiger partial charge in [0.1, 0.15) is 5.84 Å². The molecule has 3 N–H and O–H groups in total. The van der Waals surface area contributed by atoms with E-state index in [2.05, 4.69) is 17.3 Å². The SMILES string of the molecule is CCCCOC1=CC(C(=S)NC(C)C)C(N)=NN1c1ccccc1. The second kappa shape index (κ2) is 8.68. The van der Waals surface area contributed by atoms with Crippen LogP contribution in [0.15, 0.2) is 47.4 Å². The van der Waals surface area contributed by atoms with E-state index in [4.69, 9.17) is 22.7 Å². The van der Waals surface area contributed by atoms with Crippen molar-refractivity contribution in [1.29, 1.82) is 0 Å². The number of nitrogens with zero attached hydrogens (tertiary/aromatic N) is 2. The summed E-state index contributed by atoms with van der Waals surface area (Å²) in [6.07, 6.45) is 4.00. The molecule has 0 saturated carbocycles. The van der Waals surface area contributed by atoms with Crippen LogP contribution in [0.1, 0.15) is 33.6 Å². The van der Waals surface area contributed by atoms with Gasteiger partial charge in [0.05, 0.1) is 23.2 Å². The first kappa shape index (κ1) is 18.3. The zero-order chi connectivity index (χ0) is 17.5. The Morgan fingerprint density at radius 3 is 2.71 bits per heavy atom. The molecule has 0 aromatic heterocycles. The number of thiocarbonyl (C=S) groups is 1. The average Bonchev–Trinajstić information content (AvgIpc) is 2.56. The topological polar surface area (TPSA) is 62.9 Å². The number of nitrogens with one attached hydrogen (secondary N) is 1. The molecular formula is C18H26N4OS. The van der Waals surface area contributed by atoms with Crippen LogP contribution in [0.4, 0.5) is 5.69 Å². The van der Waals surface area contributed by atoms with Crippen LogP contribution in [-0.4, -0.2) is 23.5 Å². The van der Waals surface area contributed by atoms with E-state index in [-0.39, 0.29) is 12.0 Å². The largest absolute Gasteiger partial charge is 0.478 e. The second-order valence-electron chi connectivity index (χ2n) is 6.02. The van der Waals surface area contributed by atoms with Gasteiger partial charge in [0, 0.05) is 6.04 Å². The summed E-state index contributed by atoms with van der Waals surface area (Å²) in [6, 6.07) is 10.1. The maximum absolute atomic E-state index is 6.18. The van der Waals surface area contributed by atoms with Crippen LogP contribution in [0, 0.1) is 5.92 Å². The third-order valence-electron chi connectivity index (χ3n) is 3.51. The van der Waals surface area contributed by atoms with Crippen molar-refractivity contribution in [3.63, 3.8) is 0 Å². The first-order chi connectivity index (χ1) is 11.5. The van der Waals surface area contributed by atoms with E-state index in [0.29, 0.717) is 23.3 Å². The Kier molecular flexibility index (Phi) is 6.61. The number of para-hydroxylation sites is 1. The molecule has 0 fully saturated rings. The number of nitrogens with two attached hydrogens (primary N) is 1. The molecule has 0 aliphatic carbocycles. The molecule has 1 atom stereocenters. The van der Waals surface area contributed by atoms with Gasteiger partial charge in [-0.2, -0.15) is 10.1 Å². The van der Waals surface area contributed by atoms with Gasteiger partial charge in [0.25, 0.3) is 0 Å². The molecule has 5 nitrogen and oxygen atoms in total. The van der Waals surface area contributed by atoms with Crippen LogP contribution in [0.25, 0.3) is 0 Å². The Bertz CT molecular complexity index is 613. The van der Waals surface area contributed by atoms with Crippen molar-refractivity contribution in [2.75, 3.05) is 11.6 Å². The second-order valence-corrected chi connectivity index (χ2v) is 6.46. The summed E-state index contributed by atoms with van der Waals surface area (Å²) in [6.45, 7) is 6.86. The number of rotatable bonds is 7. The van der Waals surface area contributed by atoms with Crippen LogP contribution < -0.4 is 16.1 Å². The summed E-state index contributed by atoms with van der Waals surface area (Å²) in [5, 5.41) is 9.50. The van der Waals surface area contributed by atoms with E-state index in [1.54, 1.807) is 5.01 Å². The molecule has 1 aliphatic heterocycles. The Morgan fingerprint density at radius 1 is 1.38 bits per heavy atom. The Balaban J connectivity index is 2.26. The molecule has 2 rings (SSSR count). The van der Waals surface area contributed by atoms with Crippen molar-refractivity contribution in [3.05, 3.63) is 42.3 Å². The van der Waals surface area contributed by atoms with E-state index in [9.17, 15) is 0 Å². The Labute approximate surface area is 149 Å². The third kappa shape index (κ3) is 4.71. The minimum atomic E-state index is -0.251. The van der Waals surface area contributed by atoms with Crippen LogP contribution in [0.5, 0.6) is 0 Å². The van der Waals surface area contributed by atoms with Gasteiger partial charge in [-0.1, -0.05) is 43.8 Å². The van der Waals surface area contributed by atoms with Gasteiger partial charge >= 0.3 is 0 Å². The predicted octanol–water partition coefficient (Wildman–Crippen LogP) is 3.38. The highest BCUT2D eigenvalue weighted by molar-refractivity contribution is 7.80. The van der Waals surface area contributed by atoms with Crippen LogP contribution >= 0.6 is 12.2 Å². The average molecular weight is 346 g/mol. The number of amidine groups is 1. The van der Waals surface area contributed by atoms with E-state index < -0.39 is 0 Å². The van der Waals surface area contributed by atoms with Gasteiger partial charge < -0.3 is 15.8 Å². The summed E-state index contributed by atoms with van der Waals surface area (Å²) in [5.41, 5.74) is 7.09. The number of hydrogen-bond donors (Lipinski definition) is 2. The highest BCUT2D eigenvalue weighted by Gasteiger charge is 2.27. The minimum absolute atomic E-state index is 0.246. The highest BCUT2D eigenvalue weighted by atomic mass is 32.1. The summed E-state index contributed by atoms with van der Waals surface area (Å²) in [5.74, 6) is 0.876. The van der Waals surface area contributed by atoms with Crippen LogP contribution in [0.3, 0.4) is 0 Å². The van der Waals surface area contributed by atoms with E-state index in [1.807, 2.05) is 50.3 Å². The molecule has 0 bridgehead atoms. The smallest absolute Gasteiger partial charge is 0.212 e. The van der Waals surface area contributed by atoms with Crippen molar-refractivity contribution in [1.82, 2.24) is 5.32 Å². The first-order valence-corrected chi connectivity index (χ1v) is 8.78. The van der Waals surface area contributed by atoms with E-state index >= 15 is 0 Å². The lowest BCUT2D eigenvalue weighted by atomic mass is 10.1. The minimum Gasteiger partial charge on any atom is -0.478 e. The summed E-state index contributed by atoms with van der Waals surface area (Å²) in [4.78, 5) is 0.663. The lowest BCUT2D eigenvalue weighted by Gasteiger charge is -2.30. The van der Waals surface area contributed by atoms with Gasteiger partial charge in [0.2, 0.25) is 5.88 Å². The standard InChI is InChI=1S/C18H26N4OS/c1-4-5-11-23-16-12-15(18(24)20-13(2)3)17(19)21-22(16)14-9-7-6-8-10-14/h6-10,12-13,15H,4-5,11H2,1-3H3,(H2,19,21)(H,20,24). The lowest BCUT2D eigenvalue weighted by Crippen LogP contribution is -2.43. The number of unbranched alkanes of at least 4 members (excludes halogenated alkanes) is 1. The molecule has 1 aromatic carbocycles. The quantitative estimate of drug-likeness (QED) is 0.585. The summed E-state index contributed by atoms with van der Waals surface area (Å²) in [7, 11) is 0. The van der Waals surface area contributed by atoms with Crippen molar-refractivity contribution in [2.24, 2.45) is 16.8 Å². The highest BCUT2D eigenvalue weighted by Crippen LogP contribution is 2.26. The molecule has 1 heterocycles. The van der Waals surface area contributed by atoms with Gasteiger partial charge in [-0.25, -0.2) is 0 Å². The van der Waals surface area contributed by atoms with Crippen LogP contribution in [0.2, 0.25) is 0 Å². The molecule has 1 aliphatic rings. The first-order valence-electron chi connectivity index (χ1n) is 8.37. The molecule has 130 valence electrons. The normalized spacial score (nSPS) is 17.3. The molecule has 0 saturated heterocycles. The number of hydrazone groups is 1. The maximum atomic E-state index is 6.18. The number of hydrogen-bond acceptors (Lipinski definition) is 5. The number of ether oxygens (including phenoxy) is 1. The van der Waals surface area contributed by atoms with Gasteiger partial charge in [-0.15, -0.1) is 0 Å². The third-order valence-corrected chi connectivity index (χ3v) is 3.89. The molecule has 6 heteroatoms. The molecule has 0 amide bonds. The monoisotopic (exact) mass is 346 g/mol. The lowest BCUT2D eigenvalue weighted by molar-refractivity contribution is 0.197. The van der Waals surface area contributed by atoms with Gasteiger partial charge in [-0.3, -0.25) is 0 Å². The fourth-order valence-electron chi connectivity index (χ4n) is 2.29. The van der Waals surface area contributed by atoms with E-state index in [1.165, 1.54) is 0 Å². The summed E-state index contributed by atoms with van der Waals surface area (Å²) < 4.78 is 5.96. The zero-order valence-corrected chi connectivity index (χ0v) is 15.3. The Hall–Kier alpha value is -2.08. The van der Waals surface area contributed by atoms with Gasteiger partial charge in [-0.05, 0) is 38.5 Å². The molecule has 24 heavy (non-hydrogen) atoms. The zero-order valence-electron chi connectivity index (χ0n) is 14.5. The van der Waals surface area contributed by atoms with Crippen molar-refractivity contribution >= 4 is 28.7 Å². The van der Waals surface area contributed by atoms with Crippen LogP contribution in [-0.2, 0) is 4.74 Å². The Morgan fingerprint density at radius 2 is 2.08 bits per heavy atom. The fourth-order valence-corrected chi connectivity index (χ4v) is 2.72. The molecule has 0 spiro atoms. The van der Waals surface area contributed by atoms with Gasteiger partial charge in [0.15, 0.2) is 0 Å². The summed E-state index contributed by atoms with van der Waals surface area (Å²) >= 11 is 5.48. The molecule has 1 unspecified atom stereocenters. The number of benzene rings is 1. The van der Waals surface area contributed by atoms with E-state index in [0.717, 1.165) is 18.5 Å². The van der Waals surface area contributed by atoms with Crippen molar-refractivity contribution in [2.45, 2.75) is 39.7 Å². The van der Waals surface area contributed by atoms with Crippen molar-refractivity contribution < 1.29 is 4.74 Å². The fraction of sp³-hybridized carbons (Fsp3) is 0.444. The predicted molar refractivity (Wildman–Crippen MR) is 104 cm³/mol. The number of anilines is 1. The molecule has 1 aromatic rings. The molecule has 0 radical (unpaired) electrons.